The Morgan fingerprint density at radius 2 is 2.33 bits per heavy atom. The van der Waals surface area contributed by atoms with E-state index in [1.807, 2.05) is 0 Å². The van der Waals surface area contributed by atoms with Crippen molar-refractivity contribution in [1.29, 1.82) is 0 Å². The summed E-state index contributed by atoms with van der Waals surface area (Å²) in [6.07, 6.45) is 3.29. The van der Waals surface area contributed by atoms with Crippen LogP contribution in [0.3, 0.4) is 0 Å². The predicted octanol–water partition coefficient (Wildman–Crippen LogP) is -0.220. The van der Waals surface area contributed by atoms with Gasteiger partial charge in [-0.25, -0.2) is 8.42 Å². The topological polar surface area (TPSA) is 64.0 Å². The van der Waals surface area contributed by atoms with Gasteiger partial charge in [0.15, 0.2) is 0 Å². The highest BCUT2D eigenvalue weighted by Crippen LogP contribution is 1.85. The van der Waals surface area contributed by atoms with Gasteiger partial charge in [-0.3, -0.25) is 4.68 Å². The minimum absolute atomic E-state index is 0.0915. The molecule has 0 aromatic carbocycles. The van der Waals surface area contributed by atoms with Crippen molar-refractivity contribution in [2.24, 2.45) is 0 Å². The van der Waals surface area contributed by atoms with Gasteiger partial charge in [-0.2, -0.15) is 9.82 Å². The summed E-state index contributed by atoms with van der Waals surface area (Å²) in [6.45, 7) is 1.79. The van der Waals surface area contributed by atoms with Crippen molar-refractivity contribution in [3.05, 3.63) is 18.5 Å². The largest absolute Gasteiger partial charge is 0.258 e. The van der Waals surface area contributed by atoms with Crippen LogP contribution in [-0.4, -0.2) is 24.0 Å². The average molecular weight is 189 g/mol. The summed E-state index contributed by atoms with van der Waals surface area (Å²) in [7, 11) is -3.11. The molecular weight excluding hydrogens is 178 g/mol. The second kappa shape index (κ2) is 3.68. The van der Waals surface area contributed by atoms with E-state index in [1.165, 1.54) is 4.68 Å². The fourth-order valence-corrected chi connectivity index (χ4v) is 1.19. The Morgan fingerprint density at radius 3 is 2.83 bits per heavy atom. The molecule has 1 heterocycles. The van der Waals surface area contributed by atoms with Crippen LogP contribution >= 0.6 is 0 Å². The molecule has 0 aliphatic carbocycles. The Kier molecular flexibility index (Phi) is 2.83. The summed E-state index contributed by atoms with van der Waals surface area (Å²) in [5.74, 6) is 0.0915. The van der Waals surface area contributed by atoms with Crippen LogP contribution in [0.4, 0.5) is 0 Å². The third-order valence-electron chi connectivity index (χ3n) is 1.39. The number of rotatable bonds is 4. The number of hydrogen-bond donors (Lipinski definition) is 1. The molecule has 0 amide bonds. The zero-order valence-corrected chi connectivity index (χ0v) is 7.58. The summed E-state index contributed by atoms with van der Waals surface area (Å²) in [5, 5.41) is 3.84. The number of nitrogens with one attached hydrogen (secondary N) is 1. The molecule has 6 heteroatoms. The minimum Gasteiger partial charge on any atom is -0.258 e. The van der Waals surface area contributed by atoms with Crippen LogP contribution in [0.5, 0.6) is 0 Å². The third-order valence-corrected chi connectivity index (χ3v) is 2.71. The van der Waals surface area contributed by atoms with Crippen molar-refractivity contribution in [1.82, 2.24) is 14.5 Å². The van der Waals surface area contributed by atoms with Crippen LogP contribution < -0.4 is 4.72 Å². The lowest BCUT2D eigenvalue weighted by Crippen LogP contribution is -2.27. The van der Waals surface area contributed by atoms with Gasteiger partial charge in [-0.15, -0.1) is 0 Å². The molecular formula is C6H11N3O2S. The Morgan fingerprint density at radius 1 is 1.58 bits per heavy atom. The molecule has 68 valence electrons. The molecule has 0 radical (unpaired) electrons. The molecule has 1 aromatic heterocycles. The summed E-state index contributed by atoms with van der Waals surface area (Å²) in [4.78, 5) is 0. The van der Waals surface area contributed by atoms with Gasteiger partial charge in [-0.1, -0.05) is 0 Å². The summed E-state index contributed by atoms with van der Waals surface area (Å²) in [6, 6.07) is 1.74. The standard InChI is InChI=1S/C6H11N3O2S/c1-2-12(10,11)8-6-9-5-3-4-7-9/h3-5,8H,2,6H2,1H3. The lowest BCUT2D eigenvalue weighted by molar-refractivity contribution is 0.544. The van der Waals surface area contributed by atoms with E-state index in [9.17, 15) is 8.42 Å². The third kappa shape index (κ3) is 2.63. The zero-order valence-electron chi connectivity index (χ0n) is 6.77. The molecule has 0 unspecified atom stereocenters. The van der Waals surface area contributed by atoms with Gasteiger partial charge in [0.2, 0.25) is 10.0 Å². The van der Waals surface area contributed by atoms with Crippen molar-refractivity contribution in [3.63, 3.8) is 0 Å². The maximum absolute atomic E-state index is 10.9. The van der Waals surface area contributed by atoms with E-state index < -0.39 is 10.0 Å². The van der Waals surface area contributed by atoms with Crippen molar-refractivity contribution in [3.8, 4) is 0 Å². The fourth-order valence-electron chi connectivity index (χ4n) is 0.661. The Bertz CT molecular complexity index is 317. The Balaban J connectivity index is 2.47. The van der Waals surface area contributed by atoms with E-state index in [1.54, 1.807) is 25.4 Å². The number of nitrogens with zero attached hydrogens (tertiary/aromatic N) is 2. The van der Waals surface area contributed by atoms with Crippen LogP contribution in [0, 0.1) is 0 Å². The van der Waals surface area contributed by atoms with Crippen molar-refractivity contribution < 1.29 is 8.42 Å². The van der Waals surface area contributed by atoms with Crippen LogP contribution in [0.15, 0.2) is 18.5 Å². The van der Waals surface area contributed by atoms with E-state index in [0.29, 0.717) is 0 Å². The number of sulfonamides is 1. The highest BCUT2D eigenvalue weighted by Gasteiger charge is 2.04. The lowest BCUT2D eigenvalue weighted by atomic mass is 10.8. The normalized spacial score (nSPS) is 11.8. The van der Waals surface area contributed by atoms with E-state index in [0.717, 1.165) is 0 Å². The van der Waals surface area contributed by atoms with Gasteiger partial charge < -0.3 is 0 Å². The molecule has 1 rings (SSSR count). The van der Waals surface area contributed by atoms with Gasteiger partial charge in [0.25, 0.3) is 0 Å². The first-order chi connectivity index (χ1) is 5.64. The molecule has 1 aromatic rings. The van der Waals surface area contributed by atoms with Crippen molar-refractivity contribution >= 4 is 10.0 Å². The van der Waals surface area contributed by atoms with E-state index in [-0.39, 0.29) is 12.4 Å². The summed E-state index contributed by atoms with van der Waals surface area (Å²) in [5.41, 5.74) is 0. The molecule has 0 spiro atoms. The SMILES string of the molecule is CCS(=O)(=O)NCn1cccn1. The molecule has 0 fully saturated rings. The molecule has 0 atom stereocenters. The molecule has 0 bridgehead atoms. The smallest absolute Gasteiger partial charge is 0.212 e. The maximum Gasteiger partial charge on any atom is 0.212 e. The molecule has 5 nitrogen and oxygen atoms in total. The first-order valence-electron chi connectivity index (χ1n) is 3.59. The van der Waals surface area contributed by atoms with Crippen molar-refractivity contribution in [2.45, 2.75) is 13.6 Å². The molecule has 12 heavy (non-hydrogen) atoms. The molecule has 0 saturated heterocycles. The summed E-state index contributed by atoms with van der Waals surface area (Å²) < 4.78 is 25.8. The molecule has 0 aliphatic rings. The van der Waals surface area contributed by atoms with Gasteiger partial charge in [0.05, 0.1) is 5.75 Å². The van der Waals surface area contributed by atoms with E-state index >= 15 is 0 Å². The number of aromatic nitrogens is 2. The first kappa shape index (κ1) is 9.21. The Labute approximate surface area is 71.4 Å². The number of hydrogen-bond acceptors (Lipinski definition) is 3. The van der Waals surface area contributed by atoms with E-state index in [4.69, 9.17) is 0 Å². The molecule has 1 N–H and O–H groups in total. The monoisotopic (exact) mass is 189 g/mol. The van der Waals surface area contributed by atoms with Crippen molar-refractivity contribution in [2.75, 3.05) is 5.75 Å². The second-order valence-corrected chi connectivity index (χ2v) is 4.35. The first-order valence-corrected chi connectivity index (χ1v) is 5.24. The van der Waals surface area contributed by atoms with Gasteiger partial charge in [-0.05, 0) is 13.0 Å². The summed E-state index contributed by atoms with van der Waals surface area (Å²) >= 11 is 0. The van der Waals surface area contributed by atoms with Crippen LogP contribution in [0.1, 0.15) is 6.92 Å². The fraction of sp³-hybridized carbons (Fsp3) is 0.500. The predicted molar refractivity (Wildman–Crippen MR) is 44.8 cm³/mol. The Hall–Kier alpha value is -0.880. The highest BCUT2D eigenvalue weighted by atomic mass is 32.2. The second-order valence-electron chi connectivity index (χ2n) is 2.25. The molecule has 0 aliphatic heterocycles. The quantitative estimate of drug-likeness (QED) is 0.712. The van der Waals surface area contributed by atoms with Crippen LogP contribution in [0.2, 0.25) is 0 Å². The zero-order chi connectivity index (χ0) is 9.03. The van der Waals surface area contributed by atoms with Gasteiger partial charge >= 0.3 is 0 Å². The van der Waals surface area contributed by atoms with E-state index in [2.05, 4.69) is 9.82 Å². The van der Waals surface area contributed by atoms with Crippen LogP contribution in [-0.2, 0) is 16.7 Å². The maximum atomic E-state index is 10.9. The minimum atomic E-state index is -3.11. The molecule has 0 saturated carbocycles. The van der Waals surface area contributed by atoms with Crippen LogP contribution in [0.25, 0.3) is 0 Å². The average Bonchev–Trinajstić information content (AvgIpc) is 2.53. The van der Waals surface area contributed by atoms with Gasteiger partial charge in [0.1, 0.15) is 6.67 Å². The lowest BCUT2D eigenvalue weighted by Gasteiger charge is -2.03. The highest BCUT2D eigenvalue weighted by molar-refractivity contribution is 7.89. The van der Waals surface area contributed by atoms with Gasteiger partial charge in [0, 0.05) is 12.4 Å².